The van der Waals surface area contributed by atoms with Gasteiger partial charge in [-0.05, 0) is 53.6 Å². The Kier molecular flexibility index (Phi) is 6.46. The van der Waals surface area contributed by atoms with E-state index in [0.717, 1.165) is 55.7 Å². The molecule has 0 unspecified atom stereocenters. The molecule has 0 N–H and O–H groups in total. The van der Waals surface area contributed by atoms with E-state index in [-0.39, 0.29) is 0 Å². The van der Waals surface area contributed by atoms with Gasteiger partial charge in [0.1, 0.15) is 11.2 Å². The van der Waals surface area contributed by atoms with Gasteiger partial charge in [-0.3, -0.25) is 0 Å². The van der Waals surface area contributed by atoms with Gasteiger partial charge in [-0.15, -0.1) is 0 Å². The quantitative estimate of drug-likeness (QED) is 0.188. The zero-order chi connectivity index (χ0) is 33.0. The van der Waals surface area contributed by atoms with Gasteiger partial charge in [0.05, 0.1) is 28.0 Å². The highest BCUT2D eigenvalue weighted by Gasteiger charge is 2.18. The Hall–Kier alpha value is -6.78. The summed E-state index contributed by atoms with van der Waals surface area (Å²) in [5.41, 5.74) is 12.0. The van der Waals surface area contributed by atoms with Gasteiger partial charge >= 0.3 is 0 Å². The van der Waals surface area contributed by atoms with Gasteiger partial charge in [-0.1, -0.05) is 133 Å². The van der Waals surface area contributed by atoms with E-state index in [1.54, 1.807) is 0 Å². The second kappa shape index (κ2) is 11.4. The number of furan rings is 1. The molecule has 10 rings (SSSR count). The number of rotatable bonds is 5. The topological polar surface area (TPSA) is 43.9 Å². The first kappa shape index (κ1) is 28.3. The maximum absolute atomic E-state index is 6.65. The van der Waals surface area contributed by atoms with Crippen LogP contribution in [-0.2, 0) is 0 Å². The van der Waals surface area contributed by atoms with Gasteiger partial charge in [0.15, 0.2) is 5.82 Å². The summed E-state index contributed by atoms with van der Waals surface area (Å²) in [6.45, 7) is 0. The van der Waals surface area contributed by atoms with E-state index >= 15 is 0 Å². The third kappa shape index (κ3) is 4.61. The van der Waals surface area contributed by atoms with Gasteiger partial charge in [0.25, 0.3) is 0 Å². The molecule has 0 spiro atoms. The van der Waals surface area contributed by atoms with Gasteiger partial charge < -0.3 is 8.98 Å². The summed E-state index contributed by atoms with van der Waals surface area (Å²) in [5.74, 6) is 0.626. The maximum atomic E-state index is 6.65. The molecule has 0 amide bonds. The van der Waals surface area contributed by atoms with Crippen LogP contribution in [0, 0.1) is 0 Å². The van der Waals surface area contributed by atoms with E-state index in [1.807, 2.05) is 24.3 Å². The summed E-state index contributed by atoms with van der Waals surface area (Å²) in [7, 11) is 0. The van der Waals surface area contributed by atoms with Gasteiger partial charge in [0.2, 0.25) is 0 Å². The molecule has 0 fully saturated rings. The van der Waals surface area contributed by atoms with Crippen molar-refractivity contribution in [3.8, 4) is 50.7 Å². The number of para-hydroxylation sites is 3. The van der Waals surface area contributed by atoms with Crippen molar-refractivity contribution in [1.82, 2.24) is 14.5 Å². The van der Waals surface area contributed by atoms with Crippen molar-refractivity contribution in [2.24, 2.45) is 0 Å². The maximum Gasteiger partial charge on any atom is 0.164 e. The number of fused-ring (bicyclic) bond motifs is 6. The molecular formula is C46H29N3O. The van der Waals surface area contributed by atoms with Crippen molar-refractivity contribution in [3.63, 3.8) is 0 Å². The van der Waals surface area contributed by atoms with Crippen molar-refractivity contribution in [1.29, 1.82) is 0 Å². The molecule has 0 aliphatic carbocycles. The van der Waals surface area contributed by atoms with Crippen LogP contribution in [0.25, 0.3) is 94.5 Å². The van der Waals surface area contributed by atoms with E-state index < -0.39 is 0 Å². The number of nitrogens with zero attached hydrogens (tertiary/aromatic N) is 3. The van der Waals surface area contributed by atoms with Crippen LogP contribution in [0.2, 0.25) is 0 Å². The minimum absolute atomic E-state index is 0.626. The van der Waals surface area contributed by atoms with Crippen molar-refractivity contribution in [3.05, 3.63) is 176 Å². The fourth-order valence-corrected chi connectivity index (χ4v) is 7.24. The Morgan fingerprint density at radius 2 is 0.940 bits per heavy atom. The number of hydrogen-bond acceptors (Lipinski definition) is 3. The average molecular weight is 640 g/mol. The molecule has 50 heavy (non-hydrogen) atoms. The second-order valence-corrected chi connectivity index (χ2v) is 12.6. The lowest BCUT2D eigenvalue weighted by Crippen LogP contribution is -1.96. The fourth-order valence-electron chi connectivity index (χ4n) is 7.24. The predicted molar refractivity (Wildman–Crippen MR) is 205 cm³/mol. The van der Waals surface area contributed by atoms with Crippen LogP contribution in [0.3, 0.4) is 0 Å². The third-order valence-corrected chi connectivity index (χ3v) is 9.64. The van der Waals surface area contributed by atoms with Crippen LogP contribution in [0.1, 0.15) is 0 Å². The molecule has 234 valence electrons. The lowest BCUT2D eigenvalue weighted by atomic mass is 10.0. The number of aromatic nitrogens is 3. The molecule has 0 saturated carbocycles. The van der Waals surface area contributed by atoms with Gasteiger partial charge in [0, 0.05) is 38.4 Å². The average Bonchev–Trinajstić information content (AvgIpc) is 3.74. The Labute approximate surface area is 288 Å². The van der Waals surface area contributed by atoms with E-state index in [4.69, 9.17) is 14.4 Å². The molecule has 4 nitrogen and oxygen atoms in total. The summed E-state index contributed by atoms with van der Waals surface area (Å²) in [5, 5.41) is 4.56. The Morgan fingerprint density at radius 1 is 0.400 bits per heavy atom. The highest BCUT2D eigenvalue weighted by atomic mass is 16.3. The smallest absolute Gasteiger partial charge is 0.164 e. The fraction of sp³-hybridized carbons (Fsp3) is 0. The van der Waals surface area contributed by atoms with E-state index in [0.29, 0.717) is 5.82 Å². The second-order valence-electron chi connectivity index (χ2n) is 12.6. The monoisotopic (exact) mass is 639 g/mol. The predicted octanol–water partition coefficient (Wildman–Crippen LogP) is 12.1. The molecule has 0 bridgehead atoms. The van der Waals surface area contributed by atoms with Gasteiger partial charge in [-0.25, -0.2) is 9.97 Å². The highest BCUT2D eigenvalue weighted by Crippen LogP contribution is 2.39. The van der Waals surface area contributed by atoms with E-state index in [9.17, 15) is 0 Å². The lowest BCUT2D eigenvalue weighted by Gasteiger charge is -2.10. The summed E-state index contributed by atoms with van der Waals surface area (Å²) in [6.07, 6.45) is 0. The minimum atomic E-state index is 0.626. The number of benzene rings is 7. The van der Waals surface area contributed by atoms with Crippen LogP contribution < -0.4 is 0 Å². The summed E-state index contributed by atoms with van der Waals surface area (Å²) < 4.78 is 8.99. The summed E-state index contributed by atoms with van der Waals surface area (Å²) >= 11 is 0. The number of hydrogen-bond donors (Lipinski definition) is 0. The van der Waals surface area contributed by atoms with Crippen LogP contribution >= 0.6 is 0 Å². The largest absolute Gasteiger partial charge is 0.455 e. The first-order chi connectivity index (χ1) is 24.8. The molecule has 7 aromatic carbocycles. The van der Waals surface area contributed by atoms with Crippen LogP contribution in [0.5, 0.6) is 0 Å². The Bertz CT molecular complexity index is 2800. The molecule has 0 saturated heterocycles. The third-order valence-electron chi connectivity index (χ3n) is 9.64. The first-order valence-electron chi connectivity index (χ1n) is 16.8. The SMILES string of the molecule is c1ccc(-c2ccc(-c3cc(-c4ccccc4)nc(-c4cccc5c4oc4ccc(-n6c7ccccc7c7ccccc76)cc45)n3)cc2)cc1. The van der Waals surface area contributed by atoms with Crippen LogP contribution in [-0.4, -0.2) is 14.5 Å². The highest BCUT2D eigenvalue weighted by molar-refractivity contribution is 6.12. The Balaban J connectivity index is 1.14. The Morgan fingerprint density at radius 3 is 1.62 bits per heavy atom. The van der Waals surface area contributed by atoms with Crippen molar-refractivity contribution in [2.75, 3.05) is 0 Å². The summed E-state index contributed by atoms with van der Waals surface area (Å²) in [6, 6.07) is 61.3. The van der Waals surface area contributed by atoms with E-state index in [1.165, 1.54) is 32.9 Å². The first-order valence-corrected chi connectivity index (χ1v) is 16.8. The lowest BCUT2D eigenvalue weighted by molar-refractivity contribution is 0.669. The molecule has 0 atom stereocenters. The normalized spacial score (nSPS) is 11.6. The van der Waals surface area contributed by atoms with Crippen molar-refractivity contribution < 1.29 is 4.42 Å². The molecule has 0 aliphatic heterocycles. The molecule has 0 aliphatic rings. The minimum Gasteiger partial charge on any atom is -0.455 e. The van der Waals surface area contributed by atoms with Crippen molar-refractivity contribution in [2.45, 2.75) is 0 Å². The molecule has 4 heteroatoms. The van der Waals surface area contributed by atoms with E-state index in [2.05, 4.69) is 156 Å². The van der Waals surface area contributed by atoms with Gasteiger partial charge in [-0.2, -0.15) is 0 Å². The zero-order valence-corrected chi connectivity index (χ0v) is 27.0. The summed E-state index contributed by atoms with van der Waals surface area (Å²) in [4.78, 5) is 10.3. The zero-order valence-electron chi connectivity index (χ0n) is 27.0. The molecule has 3 aromatic heterocycles. The molecule has 3 heterocycles. The van der Waals surface area contributed by atoms with Crippen LogP contribution in [0.4, 0.5) is 0 Å². The van der Waals surface area contributed by atoms with Crippen molar-refractivity contribution >= 4 is 43.7 Å². The molecule has 10 aromatic rings. The standard InChI is InChI=1S/C46H29N3O/c1-3-12-30(13-4-1)31-22-24-33(25-23-31)41-29-40(32-14-5-2-6-15-32)47-46(48-41)38-19-11-18-37-39-28-34(26-27-44(39)50-45(37)38)49-42-20-9-7-16-35(42)36-17-8-10-21-43(36)49/h1-29H. The van der Waals surface area contributed by atoms with Crippen LogP contribution in [0.15, 0.2) is 180 Å². The molecular weight excluding hydrogens is 611 g/mol. The molecule has 0 radical (unpaired) electrons.